The zero-order chi connectivity index (χ0) is 14.2. The summed E-state index contributed by atoms with van der Waals surface area (Å²) >= 11 is 1.55. The van der Waals surface area contributed by atoms with E-state index >= 15 is 0 Å². The van der Waals surface area contributed by atoms with Gasteiger partial charge in [0.15, 0.2) is 0 Å². The minimum absolute atomic E-state index is 0.186. The maximum atomic E-state index is 13.4. The summed E-state index contributed by atoms with van der Waals surface area (Å²) < 4.78 is 26.9. The molecule has 3 heteroatoms. The first-order chi connectivity index (χ1) is 8.88. The summed E-state index contributed by atoms with van der Waals surface area (Å²) in [4.78, 5) is 2.01. The molecule has 0 saturated heterocycles. The molecule has 0 N–H and O–H groups in total. The number of hydrogen-bond acceptors (Lipinski definition) is 1. The van der Waals surface area contributed by atoms with Gasteiger partial charge in [-0.3, -0.25) is 0 Å². The Morgan fingerprint density at radius 1 is 0.632 bits per heavy atom. The Morgan fingerprint density at radius 3 is 1.37 bits per heavy atom. The molecule has 0 aliphatic rings. The molecule has 2 aromatic carbocycles. The van der Waals surface area contributed by atoms with Crippen molar-refractivity contribution in [2.75, 3.05) is 0 Å². The lowest BCUT2D eigenvalue weighted by atomic mass is 10.1. The fourth-order valence-corrected chi connectivity index (χ4v) is 3.00. The van der Waals surface area contributed by atoms with Crippen molar-refractivity contribution in [3.05, 3.63) is 58.2 Å². The van der Waals surface area contributed by atoms with E-state index in [4.69, 9.17) is 0 Å². The second kappa shape index (κ2) is 5.33. The van der Waals surface area contributed by atoms with Crippen LogP contribution in [0.4, 0.5) is 8.78 Å². The molecule has 0 amide bonds. The first-order valence-electron chi connectivity index (χ1n) is 6.10. The smallest absolute Gasteiger partial charge is 0.126 e. The second-order valence-corrected chi connectivity index (χ2v) is 5.92. The Kier molecular flexibility index (Phi) is 3.95. The van der Waals surface area contributed by atoms with Crippen LogP contribution in [0.15, 0.2) is 34.1 Å². The van der Waals surface area contributed by atoms with Crippen LogP contribution in [-0.4, -0.2) is 0 Å². The molecule has 0 aliphatic carbocycles. The Balaban J connectivity index is 2.42. The van der Waals surface area contributed by atoms with Crippen LogP contribution in [0, 0.1) is 39.3 Å². The van der Waals surface area contributed by atoms with Crippen molar-refractivity contribution in [3.8, 4) is 0 Å². The number of aryl methyl sites for hydroxylation is 4. The molecule has 0 spiro atoms. The highest BCUT2D eigenvalue weighted by molar-refractivity contribution is 7.99. The van der Waals surface area contributed by atoms with Crippen molar-refractivity contribution in [3.63, 3.8) is 0 Å². The molecule has 0 bridgehead atoms. The summed E-state index contributed by atoms with van der Waals surface area (Å²) in [7, 11) is 0. The molecule has 0 unspecified atom stereocenters. The molecular formula is C16H16F2S. The van der Waals surface area contributed by atoms with E-state index in [0.29, 0.717) is 11.1 Å². The highest BCUT2D eigenvalue weighted by Gasteiger charge is 2.09. The third-order valence-electron chi connectivity index (χ3n) is 3.13. The summed E-state index contributed by atoms with van der Waals surface area (Å²) in [5.41, 5.74) is 3.05. The topological polar surface area (TPSA) is 0 Å². The molecule has 0 saturated carbocycles. The van der Waals surface area contributed by atoms with Crippen molar-refractivity contribution in [2.24, 2.45) is 0 Å². The molecule has 2 rings (SSSR count). The first-order valence-corrected chi connectivity index (χ1v) is 6.91. The predicted octanol–water partition coefficient (Wildman–Crippen LogP) is 5.35. The van der Waals surface area contributed by atoms with Gasteiger partial charge in [0.1, 0.15) is 11.6 Å². The molecule has 0 heterocycles. The predicted molar refractivity (Wildman–Crippen MR) is 75.9 cm³/mol. The van der Waals surface area contributed by atoms with Gasteiger partial charge in [-0.2, -0.15) is 0 Å². The molecule has 0 aromatic heterocycles. The lowest BCUT2D eigenvalue weighted by Gasteiger charge is -2.11. The summed E-state index contributed by atoms with van der Waals surface area (Å²) in [5.74, 6) is -0.372. The number of benzene rings is 2. The van der Waals surface area contributed by atoms with Crippen molar-refractivity contribution < 1.29 is 8.78 Å². The molecule has 0 nitrogen and oxygen atoms in total. The fourth-order valence-electron chi connectivity index (χ4n) is 1.85. The highest BCUT2D eigenvalue weighted by Crippen LogP contribution is 2.34. The van der Waals surface area contributed by atoms with E-state index in [1.165, 1.54) is 0 Å². The standard InChI is InChI=1S/C16H16F2S/c1-9-7-15(11(3)5-13(9)17)19-16-8-10(2)14(18)6-12(16)4/h5-8H,1-4H3. The highest BCUT2D eigenvalue weighted by atomic mass is 32.2. The number of rotatable bonds is 2. The van der Waals surface area contributed by atoms with E-state index in [2.05, 4.69) is 0 Å². The quantitative estimate of drug-likeness (QED) is 0.713. The lowest BCUT2D eigenvalue weighted by molar-refractivity contribution is 0.615. The van der Waals surface area contributed by atoms with Crippen molar-refractivity contribution in [1.82, 2.24) is 0 Å². The Hall–Kier alpha value is -1.35. The van der Waals surface area contributed by atoms with Crippen LogP contribution in [0.5, 0.6) is 0 Å². The molecule has 100 valence electrons. The Morgan fingerprint density at radius 2 is 1.00 bits per heavy atom. The van der Waals surface area contributed by atoms with Gasteiger partial charge in [-0.25, -0.2) is 8.78 Å². The van der Waals surface area contributed by atoms with Crippen LogP contribution in [0.3, 0.4) is 0 Å². The van der Waals surface area contributed by atoms with Gasteiger partial charge in [-0.05, 0) is 74.2 Å². The summed E-state index contributed by atoms with van der Waals surface area (Å²) in [6.07, 6.45) is 0. The Bertz CT molecular complexity index is 578. The SMILES string of the molecule is Cc1cc(Sc2cc(C)c(F)cc2C)c(C)cc1F. The van der Waals surface area contributed by atoms with Gasteiger partial charge in [0.25, 0.3) is 0 Å². The zero-order valence-electron chi connectivity index (χ0n) is 11.5. The first kappa shape index (κ1) is 14.1. The monoisotopic (exact) mass is 278 g/mol. The number of halogens is 2. The third kappa shape index (κ3) is 2.98. The Labute approximate surface area is 116 Å². The normalized spacial score (nSPS) is 10.8. The van der Waals surface area contributed by atoms with Gasteiger partial charge < -0.3 is 0 Å². The van der Waals surface area contributed by atoms with Crippen molar-refractivity contribution >= 4 is 11.8 Å². The van der Waals surface area contributed by atoms with Gasteiger partial charge in [0, 0.05) is 9.79 Å². The fraction of sp³-hybridized carbons (Fsp3) is 0.250. The minimum atomic E-state index is -0.186. The maximum Gasteiger partial charge on any atom is 0.126 e. The number of hydrogen-bond donors (Lipinski definition) is 0. The van der Waals surface area contributed by atoms with Gasteiger partial charge in [0.05, 0.1) is 0 Å². The van der Waals surface area contributed by atoms with E-state index in [0.717, 1.165) is 20.9 Å². The van der Waals surface area contributed by atoms with E-state index in [1.54, 1.807) is 37.7 Å². The summed E-state index contributed by atoms with van der Waals surface area (Å²) in [6, 6.07) is 6.77. The maximum absolute atomic E-state index is 13.4. The van der Waals surface area contributed by atoms with Crippen LogP contribution in [0.2, 0.25) is 0 Å². The average Bonchev–Trinajstić information content (AvgIpc) is 2.32. The van der Waals surface area contributed by atoms with Gasteiger partial charge in [0.2, 0.25) is 0 Å². The van der Waals surface area contributed by atoms with Gasteiger partial charge in [-0.1, -0.05) is 11.8 Å². The van der Waals surface area contributed by atoms with E-state index in [9.17, 15) is 8.78 Å². The van der Waals surface area contributed by atoms with Crippen molar-refractivity contribution in [1.29, 1.82) is 0 Å². The molecule has 0 radical (unpaired) electrons. The molecule has 0 atom stereocenters. The second-order valence-electron chi connectivity index (χ2n) is 4.84. The molecule has 2 aromatic rings. The van der Waals surface area contributed by atoms with Crippen LogP contribution in [-0.2, 0) is 0 Å². The van der Waals surface area contributed by atoms with E-state index in [1.807, 2.05) is 26.0 Å². The van der Waals surface area contributed by atoms with E-state index in [-0.39, 0.29) is 11.6 Å². The summed E-state index contributed by atoms with van der Waals surface area (Å²) in [6.45, 7) is 7.27. The van der Waals surface area contributed by atoms with Crippen LogP contribution < -0.4 is 0 Å². The van der Waals surface area contributed by atoms with Crippen LogP contribution in [0.1, 0.15) is 22.3 Å². The van der Waals surface area contributed by atoms with Crippen molar-refractivity contribution in [2.45, 2.75) is 37.5 Å². The summed E-state index contributed by atoms with van der Waals surface area (Å²) in [5, 5.41) is 0. The average molecular weight is 278 g/mol. The van der Waals surface area contributed by atoms with Crippen LogP contribution >= 0.6 is 11.8 Å². The molecular weight excluding hydrogens is 262 g/mol. The molecule has 19 heavy (non-hydrogen) atoms. The third-order valence-corrected chi connectivity index (χ3v) is 4.45. The molecule has 0 aliphatic heterocycles. The lowest BCUT2D eigenvalue weighted by Crippen LogP contribution is -1.91. The van der Waals surface area contributed by atoms with Crippen LogP contribution in [0.25, 0.3) is 0 Å². The molecule has 0 fully saturated rings. The minimum Gasteiger partial charge on any atom is -0.207 e. The van der Waals surface area contributed by atoms with E-state index < -0.39 is 0 Å². The van der Waals surface area contributed by atoms with Gasteiger partial charge in [-0.15, -0.1) is 0 Å². The van der Waals surface area contributed by atoms with Gasteiger partial charge >= 0.3 is 0 Å². The zero-order valence-corrected chi connectivity index (χ0v) is 12.3. The largest absolute Gasteiger partial charge is 0.207 e.